The lowest BCUT2D eigenvalue weighted by Crippen LogP contribution is -2.48. The minimum Gasteiger partial charge on any atom is -0.378 e. The van der Waals surface area contributed by atoms with Crippen molar-refractivity contribution in [3.8, 4) is 0 Å². The lowest BCUT2D eigenvalue weighted by molar-refractivity contribution is -0.00326. The maximum absolute atomic E-state index is 5.72. The van der Waals surface area contributed by atoms with E-state index in [0.29, 0.717) is 12.1 Å². The quantitative estimate of drug-likeness (QED) is 0.791. The first kappa shape index (κ1) is 12.3. The van der Waals surface area contributed by atoms with Gasteiger partial charge >= 0.3 is 0 Å². The average Bonchev–Trinajstić information content (AvgIpc) is 2.32. The molecule has 0 aromatic heterocycles. The van der Waals surface area contributed by atoms with Crippen molar-refractivity contribution in [1.82, 2.24) is 10.2 Å². The molecule has 2 aliphatic rings. The van der Waals surface area contributed by atoms with Gasteiger partial charge in [-0.05, 0) is 52.2 Å². The maximum Gasteiger partial charge on any atom is 0.0587 e. The molecule has 1 N–H and O–H groups in total. The summed E-state index contributed by atoms with van der Waals surface area (Å²) in [4.78, 5) is 2.43. The normalized spacial score (nSPS) is 34.1. The Hall–Kier alpha value is -0.120. The molecular formula is C13H26N2O. The van der Waals surface area contributed by atoms with Gasteiger partial charge in [-0.25, -0.2) is 0 Å². The van der Waals surface area contributed by atoms with Gasteiger partial charge in [0.1, 0.15) is 0 Å². The van der Waals surface area contributed by atoms with Crippen LogP contribution in [-0.2, 0) is 4.74 Å². The molecule has 2 aliphatic heterocycles. The lowest BCUT2D eigenvalue weighted by atomic mass is 9.98. The Morgan fingerprint density at radius 3 is 2.62 bits per heavy atom. The highest BCUT2D eigenvalue weighted by atomic mass is 16.5. The van der Waals surface area contributed by atoms with E-state index in [1.807, 2.05) is 0 Å². The highest BCUT2D eigenvalue weighted by molar-refractivity contribution is 4.83. The molecule has 16 heavy (non-hydrogen) atoms. The second-order valence-corrected chi connectivity index (χ2v) is 5.37. The number of nitrogens with zero attached hydrogens (tertiary/aromatic N) is 1. The van der Waals surface area contributed by atoms with E-state index in [2.05, 4.69) is 24.2 Å². The van der Waals surface area contributed by atoms with Crippen LogP contribution in [0.5, 0.6) is 0 Å². The summed E-state index contributed by atoms with van der Waals surface area (Å²) in [5, 5.41) is 3.84. The van der Waals surface area contributed by atoms with Gasteiger partial charge in [0.25, 0.3) is 0 Å². The van der Waals surface area contributed by atoms with Crippen LogP contribution in [0.4, 0.5) is 0 Å². The molecule has 3 nitrogen and oxygen atoms in total. The van der Waals surface area contributed by atoms with E-state index in [1.54, 1.807) is 0 Å². The van der Waals surface area contributed by atoms with Crippen molar-refractivity contribution in [2.75, 3.05) is 26.7 Å². The van der Waals surface area contributed by atoms with Crippen LogP contribution in [0.2, 0.25) is 0 Å². The van der Waals surface area contributed by atoms with Gasteiger partial charge in [0.15, 0.2) is 0 Å². The van der Waals surface area contributed by atoms with Crippen LogP contribution in [0.1, 0.15) is 39.0 Å². The Labute approximate surface area is 99.5 Å². The Morgan fingerprint density at radius 1 is 1.19 bits per heavy atom. The van der Waals surface area contributed by atoms with Crippen LogP contribution in [0.25, 0.3) is 0 Å². The van der Waals surface area contributed by atoms with Crippen molar-refractivity contribution < 1.29 is 4.74 Å². The molecule has 2 unspecified atom stereocenters. The number of rotatable bonds is 3. The summed E-state index contributed by atoms with van der Waals surface area (Å²) in [5.74, 6) is 0. The summed E-state index contributed by atoms with van der Waals surface area (Å²) in [6.07, 6.45) is 6.68. The maximum atomic E-state index is 5.72. The van der Waals surface area contributed by atoms with Gasteiger partial charge in [0, 0.05) is 18.7 Å². The second-order valence-electron chi connectivity index (χ2n) is 5.37. The second kappa shape index (κ2) is 5.99. The number of piperidine rings is 1. The Bertz CT molecular complexity index is 202. The van der Waals surface area contributed by atoms with Gasteiger partial charge in [-0.15, -0.1) is 0 Å². The van der Waals surface area contributed by atoms with Gasteiger partial charge in [-0.2, -0.15) is 0 Å². The standard InChI is InChI=1S/C13H26N2O/c1-3-13-10-12(6-9-16-13)14-11-4-7-15(2)8-5-11/h11-14H,3-10H2,1-2H3. The van der Waals surface area contributed by atoms with Crippen LogP contribution in [0.3, 0.4) is 0 Å². The molecule has 2 saturated heterocycles. The monoisotopic (exact) mass is 226 g/mol. The molecule has 0 spiro atoms. The third-order valence-corrected chi connectivity index (χ3v) is 4.01. The molecular weight excluding hydrogens is 200 g/mol. The first-order valence-corrected chi connectivity index (χ1v) is 6.84. The molecule has 0 aromatic rings. The smallest absolute Gasteiger partial charge is 0.0587 e. The third kappa shape index (κ3) is 3.44. The topological polar surface area (TPSA) is 24.5 Å². The van der Waals surface area contributed by atoms with E-state index in [9.17, 15) is 0 Å². The molecule has 0 aliphatic carbocycles. The largest absolute Gasteiger partial charge is 0.378 e. The van der Waals surface area contributed by atoms with E-state index >= 15 is 0 Å². The van der Waals surface area contributed by atoms with Gasteiger partial charge in [0.05, 0.1) is 6.10 Å². The molecule has 0 amide bonds. The molecule has 94 valence electrons. The molecule has 0 saturated carbocycles. The number of hydrogen-bond acceptors (Lipinski definition) is 3. The summed E-state index contributed by atoms with van der Waals surface area (Å²) in [7, 11) is 2.22. The van der Waals surface area contributed by atoms with E-state index in [0.717, 1.165) is 19.1 Å². The Morgan fingerprint density at radius 2 is 1.94 bits per heavy atom. The lowest BCUT2D eigenvalue weighted by Gasteiger charge is -2.36. The summed E-state index contributed by atoms with van der Waals surface area (Å²) in [5.41, 5.74) is 0. The minimum atomic E-state index is 0.498. The van der Waals surface area contributed by atoms with Crippen molar-refractivity contribution in [3.63, 3.8) is 0 Å². The minimum absolute atomic E-state index is 0.498. The first-order chi connectivity index (χ1) is 7.78. The zero-order chi connectivity index (χ0) is 11.4. The SMILES string of the molecule is CCC1CC(NC2CCN(C)CC2)CCO1. The zero-order valence-electron chi connectivity index (χ0n) is 10.7. The molecule has 3 heteroatoms. The molecule has 0 bridgehead atoms. The van der Waals surface area contributed by atoms with E-state index in [1.165, 1.54) is 38.8 Å². The third-order valence-electron chi connectivity index (χ3n) is 4.01. The van der Waals surface area contributed by atoms with Crippen molar-refractivity contribution >= 4 is 0 Å². The van der Waals surface area contributed by atoms with Crippen LogP contribution in [-0.4, -0.2) is 49.8 Å². The number of ether oxygens (including phenoxy) is 1. The van der Waals surface area contributed by atoms with Crippen molar-refractivity contribution in [1.29, 1.82) is 0 Å². The fraction of sp³-hybridized carbons (Fsp3) is 1.00. The number of nitrogens with one attached hydrogen (secondary N) is 1. The van der Waals surface area contributed by atoms with Crippen LogP contribution in [0.15, 0.2) is 0 Å². The van der Waals surface area contributed by atoms with Crippen molar-refractivity contribution in [3.05, 3.63) is 0 Å². The van der Waals surface area contributed by atoms with Crippen LogP contribution in [0, 0.1) is 0 Å². The molecule has 0 aromatic carbocycles. The fourth-order valence-electron chi connectivity index (χ4n) is 2.82. The van der Waals surface area contributed by atoms with Gasteiger partial charge < -0.3 is 15.0 Å². The predicted molar refractivity (Wildman–Crippen MR) is 66.7 cm³/mol. The summed E-state index contributed by atoms with van der Waals surface area (Å²) < 4.78 is 5.72. The Kier molecular flexibility index (Phi) is 4.62. The predicted octanol–water partition coefficient (Wildman–Crippen LogP) is 1.63. The molecule has 0 radical (unpaired) electrons. The first-order valence-electron chi connectivity index (χ1n) is 6.84. The zero-order valence-corrected chi connectivity index (χ0v) is 10.7. The average molecular weight is 226 g/mol. The molecule has 2 rings (SSSR count). The van der Waals surface area contributed by atoms with Gasteiger partial charge in [0.2, 0.25) is 0 Å². The fourth-order valence-corrected chi connectivity index (χ4v) is 2.82. The number of likely N-dealkylation sites (tertiary alicyclic amines) is 1. The van der Waals surface area contributed by atoms with Crippen molar-refractivity contribution in [2.24, 2.45) is 0 Å². The number of hydrogen-bond donors (Lipinski definition) is 1. The summed E-state index contributed by atoms with van der Waals surface area (Å²) >= 11 is 0. The van der Waals surface area contributed by atoms with E-state index < -0.39 is 0 Å². The molecule has 2 heterocycles. The van der Waals surface area contributed by atoms with Crippen LogP contribution >= 0.6 is 0 Å². The Balaban J connectivity index is 1.72. The summed E-state index contributed by atoms with van der Waals surface area (Å²) in [6.45, 7) is 5.67. The molecule has 2 fully saturated rings. The van der Waals surface area contributed by atoms with Gasteiger partial charge in [-0.3, -0.25) is 0 Å². The van der Waals surface area contributed by atoms with Gasteiger partial charge in [-0.1, -0.05) is 6.92 Å². The highest BCUT2D eigenvalue weighted by Gasteiger charge is 2.24. The van der Waals surface area contributed by atoms with Crippen molar-refractivity contribution in [2.45, 2.75) is 57.2 Å². The summed E-state index contributed by atoms with van der Waals surface area (Å²) in [6, 6.07) is 1.45. The molecule has 2 atom stereocenters. The highest BCUT2D eigenvalue weighted by Crippen LogP contribution is 2.18. The van der Waals surface area contributed by atoms with E-state index in [-0.39, 0.29) is 0 Å². The van der Waals surface area contributed by atoms with E-state index in [4.69, 9.17) is 4.74 Å². The van der Waals surface area contributed by atoms with Crippen LogP contribution < -0.4 is 5.32 Å².